The first-order chi connectivity index (χ1) is 14.7. The molecule has 4 aromatic rings. The maximum atomic E-state index is 13.1. The van der Waals surface area contributed by atoms with Crippen molar-refractivity contribution in [1.82, 2.24) is 24.3 Å². The predicted molar refractivity (Wildman–Crippen MR) is 113 cm³/mol. The van der Waals surface area contributed by atoms with Gasteiger partial charge in [0.25, 0.3) is 5.56 Å². The van der Waals surface area contributed by atoms with Crippen molar-refractivity contribution < 1.29 is 4.39 Å². The lowest BCUT2D eigenvalue weighted by Gasteiger charge is -2.35. The third kappa shape index (κ3) is 3.57. The van der Waals surface area contributed by atoms with E-state index in [1.54, 1.807) is 18.5 Å². The molecule has 0 unspecified atom stereocenters. The molecular formula is C22H21FN6O. The minimum Gasteiger partial charge on any atom is -0.369 e. The molecule has 1 aliphatic heterocycles. The van der Waals surface area contributed by atoms with Gasteiger partial charge in [0.05, 0.1) is 12.4 Å². The van der Waals surface area contributed by atoms with Crippen LogP contribution < -0.4 is 10.5 Å². The molecule has 7 nitrogen and oxygen atoms in total. The zero-order valence-electron chi connectivity index (χ0n) is 16.4. The molecule has 1 aliphatic rings. The molecule has 0 radical (unpaired) electrons. The number of fused-ring (bicyclic) bond motifs is 1. The minimum absolute atomic E-state index is 0.159. The number of anilines is 1. The van der Waals surface area contributed by atoms with E-state index in [0.717, 1.165) is 43.1 Å². The Bertz CT molecular complexity index is 1210. The summed E-state index contributed by atoms with van der Waals surface area (Å²) in [6.07, 6.45) is 1.58. The second-order valence-electron chi connectivity index (χ2n) is 7.38. The number of halogens is 1. The van der Waals surface area contributed by atoms with Crippen LogP contribution in [0, 0.1) is 5.82 Å². The minimum atomic E-state index is -0.228. The Kier molecular flexibility index (Phi) is 4.76. The Labute approximate surface area is 172 Å². The number of hydrogen-bond acceptors (Lipinski definition) is 5. The predicted octanol–water partition coefficient (Wildman–Crippen LogP) is 2.48. The van der Waals surface area contributed by atoms with Gasteiger partial charge in [0, 0.05) is 37.4 Å². The standard InChI is InChI=1S/C22H21FN6O/c23-18-6-8-19(9-7-18)27-12-10-26(11-13-27)16-29-22(30)21-14-20(25-28(21)15-24-29)17-4-2-1-3-5-17/h1-9,14-15H,10-13,16H2. The summed E-state index contributed by atoms with van der Waals surface area (Å²) in [7, 11) is 0. The zero-order valence-corrected chi connectivity index (χ0v) is 16.4. The molecule has 3 heterocycles. The Hall–Kier alpha value is -3.52. The number of rotatable bonds is 4. The highest BCUT2D eigenvalue weighted by atomic mass is 19.1. The molecule has 0 aliphatic carbocycles. The van der Waals surface area contributed by atoms with Crippen LogP contribution in [0.1, 0.15) is 0 Å². The molecule has 0 amide bonds. The molecule has 0 spiro atoms. The summed E-state index contributed by atoms with van der Waals surface area (Å²) in [6, 6.07) is 18.1. The summed E-state index contributed by atoms with van der Waals surface area (Å²) in [6.45, 7) is 3.65. The second-order valence-corrected chi connectivity index (χ2v) is 7.38. The van der Waals surface area contributed by atoms with E-state index in [1.807, 2.05) is 36.4 Å². The molecule has 2 aromatic heterocycles. The molecule has 152 valence electrons. The lowest BCUT2D eigenvalue weighted by molar-refractivity contribution is 0.191. The van der Waals surface area contributed by atoms with Crippen molar-refractivity contribution in [3.05, 3.63) is 83.2 Å². The smallest absolute Gasteiger partial charge is 0.294 e. The van der Waals surface area contributed by atoms with Crippen molar-refractivity contribution in [1.29, 1.82) is 0 Å². The molecule has 30 heavy (non-hydrogen) atoms. The van der Waals surface area contributed by atoms with E-state index in [1.165, 1.54) is 21.3 Å². The monoisotopic (exact) mass is 404 g/mol. The summed E-state index contributed by atoms with van der Waals surface area (Å²) in [5.41, 5.74) is 3.08. The number of aromatic nitrogens is 4. The Balaban J connectivity index is 1.31. The van der Waals surface area contributed by atoms with E-state index >= 15 is 0 Å². The molecule has 0 N–H and O–H groups in total. The van der Waals surface area contributed by atoms with Crippen LogP contribution in [0.15, 0.2) is 71.8 Å². The van der Waals surface area contributed by atoms with Gasteiger partial charge in [-0.15, -0.1) is 0 Å². The molecule has 0 bridgehead atoms. The first kappa shape index (κ1) is 18.5. The van der Waals surface area contributed by atoms with Gasteiger partial charge in [0.2, 0.25) is 0 Å². The first-order valence-corrected chi connectivity index (χ1v) is 9.91. The van der Waals surface area contributed by atoms with E-state index in [4.69, 9.17) is 0 Å². The van der Waals surface area contributed by atoms with Crippen molar-refractivity contribution in [2.45, 2.75) is 6.67 Å². The van der Waals surface area contributed by atoms with Gasteiger partial charge in [0.15, 0.2) is 0 Å². The average Bonchev–Trinajstić information content (AvgIpc) is 3.23. The van der Waals surface area contributed by atoms with Crippen LogP contribution in [0.3, 0.4) is 0 Å². The van der Waals surface area contributed by atoms with Crippen LogP contribution >= 0.6 is 0 Å². The summed E-state index contributed by atoms with van der Waals surface area (Å²) < 4.78 is 16.2. The van der Waals surface area contributed by atoms with E-state index in [-0.39, 0.29) is 11.4 Å². The van der Waals surface area contributed by atoms with Gasteiger partial charge >= 0.3 is 0 Å². The summed E-state index contributed by atoms with van der Waals surface area (Å²) in [4.78, 5) is 17.3. The lowest BCUT2D eigenvalue weighted by Crippen LogP contribution is -2.48. The van der Waals surface area contributed by atoms with Gasteiger partial charge in [0.1, 0.15) is 17.7 Å². The second kappa shape index (κ2) is 7.72. The van der Waals surface area contributed by atoms with Gasteiger partial charge in [-0.25, -0.2) is 13.6 Å². The number of benzene rings is 2. The van der Waals surface area contributed by atoms with Gasteiger partial charge in [-0.05, 0) is 30.3 Å². The molecule has 1 saturated heterocycles. The highest BCUT2D eigenvalue weighted by Gasteiger charge is 2.19. The van der Waals surface area contributed by atoms with Crippen molar-refractivity contribution >= 4 is 11.2 Å². The maximum Gasteiger partial charge on any atom is 0.294 e. The molecular weight excluding hydrogens is 383 g/mol. The highest BCUT2D eigenvalue weighted by molar-refractivity contribution is 5.65. The van der Waals surface area contributed by atoms with Crippen LogP contribution in [-0.4, -0.2) is 50.5 Å². The van der Waals surface area contributed by atoms with E-state index < -0.39 is 0 Å². The first-order valence-electron chi connectivity index (χ1n) is 9.91. The molecule has 8 heteroatoms. The normalized spacial score (nSPS) is 15.0. The largest absolute Gasteiger partial charge is 0.369 e. The Morgan fingerprint density at radius 1 is 0.933 bits per heavy atom. The summed E-state index contributed by atoms with van der Waals surface area (Å²) in [5, 5.41) is 8.78. The lowest BCUT2D eigenvalue weighted by atomic mass is 10.1. The van der Waals surface area contributed by atoms with Gasteiger partial charge < -0.3 is 4.90 Å². The average molecular weight is 404 g/mol. The fourth-order valence-corrected chi connectivity index (χ4v) is 3.78. The van der Waals surface area contributed by atoms with Gasteiger partial charge in [-0.1, -0.05) is 30.3 Å². The van der Waals surface area contributed by atoms with Crippen LogP contribution in [0.4, 0.5) is 10.1 Å². The Morgan fingerprint density at radius 2 is 1.67 bits per heavy atom. The number of piperazine rings is 1. The Morgan fingerprint density at radius 3 is 2.40 bits per heavy atom. The van der Waals surface area contributed by atoms with Crippen LogP contribution in [-0.2, 0) is 6.67 Å². The van der Waals surface area contributed by atoms with Crippen molar-refractivity contribution in [3.63, 3.8) is 0 Å². The molecule has 0 saturated carbocycles. The fourth-order valence-electron chi connectivity index (χ4n) is 3.78. The van der Waals surface area contributed by atoms with Crippen molar-refractivity contribution in [2.24, 2.45) is 0 Å². The number of hydrogen-bond donors (Lipinski definition) is 0. The molecule has 5 rings (SSSR count). The van der Waals surface area contributed by atoms with Crippen LogP contribution in [0.25, 0.3) is 16.8 Å². The highest BCUT2D eigenvalue weighted by Crippen LogP contribution is 2.18. The van der Waals surface area contributed by atoms with Gasteiger partial charge in [-0.3, -0.25) is 9.69 Å². The zero-order chi connectivity index (χ0) is 20.5. The van der Waals surface area contributed by atoms with Crippen LogP contribution in [0.2, 0.25) is 0 Å². The quantitative estimate of drug-likeness (QED) is 0.523. The number of nitrogens with zero attached hydrogens (tertiary/aromatic N) is 6. The molecule has 1 fully saturated rings. The summed E-state index contributed by atoms with van der Waals surface area (Å²) >= 11 is 0. The molecule has 0 atom stereocenters. The molecule has 2 aromatic carbocycles. The van der Waals surface area contributed by atoms with E-state index in [2.05, 4.69) is 20.0 Å². The third-order valence-corrected chi connectivity index (χ3v) is 5.46. The maximum absolute atomic E-state index is 13.1. The van der Waals surface area contributed by atoms with Crippen LogP contribution in [0.5, 0.6) is 0 Å². The fraction of sp³-hybridized carbons (Fsp3) is 0.227. The van der Waals surface area contributed by atoms with Crippen molar-refractivity contribution in [2.75, 3.05) is 31.1 Å². The topological polar surface area (TPSA) is 58.7 Å². The SMILES string of the molecule is O=c1c2cc(-c3ccccc3)nn2cnn1CN1CCN(c2ccc(F)cc2)CC1. The third-order valence-electron chi connectivity index (χ3n) is 5.46. The van der Waals surface area contributed by atoms with Crippen molar-refractivity contribution in [3.8, 4) is 11.3 Å². The van der Waals surface area contributed by atoms with E-state index in [0.29, 0.717) is 12.2 Å². The van der Waals surface area contributed by atoms with E-state index in [9.17, 15) is 9.18 Å². The van der Waals surface area contributed by atoms with Gasteiger partial charge in [-0.2, -0.15) is 10.2 Å². The summed E-state index contributed by atoms with van der Waals surface area (Å²) in [5.74, 6) is -0.228.